The number of nitrogens with zero attached hydrogens (tertiary/aromatic N) is 3. The first-order chi connectivity index (χ1) is 9.95. The fourth-order valence-corrected chi connectivity index (χ4v) is 2.78. The van der Waals surface area contributed by atoms with Crippen LogP contribution in [0.4, 0.5) is 0 Å². The number of thioether (sulfide) groups is 1. The van der Waals surface area contributed by atoms with E-state index in [1.807, 2.05) is 4.57 Å². The minimum absolute atomic E-state index is 0.509. The number of hydrogen-bond acceptors (Lipinski definition) is 4. The van der Waals surface area contributed by atoms with Crippen LogP contribution in [-0.4, -0.2) is 24.9 Å². The van der Waals surface area contributed by atoms with E-state index in [1.54, 1.807) is 24.9 Å². The van der Waals surface area contributed by atoms with Gasteiger partial charge in [0, 0.05) is 19.3 Å². The molecule has 2 aromatic rings. The van der Waals surface area contributed by atoms with E-state index >= 15 is 0 Å². The highest BCUT2D eigenvalue weighted by atomic mass is 32.2. The third-order valence-corrected chi connectivity index (χ3v) is 4.20. The van der Waals surface area contributed by atoms with Gasteiger partial charge in [-0.2, -0.15) is 0 Å². The lowest BCUT2D eigenvalue weighted by atomic mass is 10.1. The summed E-state index contributed by atoms with van der Waals surface area (Å²) >= 11 is 1.54. The Hall–Kier alpha value is -1.76. The van der Waals surface area contributed by atoms with Crippen molar-refractivity contribution < 1.29 is 0 Å². The van der Waals surface area contributed by atoms with Gasteiger partial charge in [0.25, 0.3) is 0 Å². The summed E-state index contributed by atoms with van der Waals surface area (Å²) in [4.78, 5) is 30.6. The lowest BCUT2D eigenvalue weighted by molar-refractivity contribution is 0.502. The fourth-order valence-electron chi connectivity index (χ4n) is 2.03. The lowest BCUT2D eigenvalue weighted by Gasteiger charge is -2.09. The van der Waals surface area contributed by atoms with Gasteiger partial charge in [-0.1, -0.05) is 31.7 Å². The number of rotatable bonds is 6. The van der Waals surface area contributed by atoms with Crippen molar-refractivity contribution in [1.29, 1.82) is 0 Å². The summed E-state index contributed by atoms with van der Waals surface area (Å²) in [7, 11) is 1.57. The van der Waals surface area contributed by atoms with E-state index in [2.05, 4.69) is 30.4 Å². The second-order valence-electron chi connectivity index (χ2n) is 5.32. The van der Waals surface area contributed by atoms with E-state index in [4.69, 9.17) is 0 Å². The third kappa shape index (κ3) is 3.12. The molecule has 0 bridgehead atoms. The van der Waals surface area contributed by atoms with Crippen molar-refractivity contribution in [2.75, 3.05) is 5.75 Å². The molecule has 0 saturated heterocycles. The molecule has 0 aliphatic rings. The van der Waals surface area contributed by atoms with Gasteiger partial charge in [-0.05, 0) is 12.3 Å². The summed E-state index contributed by atoms with van der Waals surface area (Å²) < 4.78 is 3.28. The summed E-state index contributed by atoms with van der Waals surface area (Å²) in [5.74, 6) is 1.27. The van der Waals surface area contributed by atoms with Gasteiger partial charge >= 0.3 is 11.1 Å². The molecule has 0 fully saturated rings. The molecule has 7 heteroatoms. The highest BCUT2D eigenvalue weighted by molar-refractivity contribution is 7.99. The molecule has 0 aliphatic carbocycles. The normalized spacial score (nSPS) is 11.4. The van der Waals surface area contributed by atoms with E-state index in [1.165, 1.54) is 4.57 Å². The smallest absolute Gasteiger partial charge is 0.304 e. The van der Waals surface area contributed by atoms with Gasteiger partial charge in [0.15, 0.2) is 16.5 Å². The van der Waals surface area contributed by atoms with Gasteiger partial charge < -0.3 is 9.55 Å². The highest BCUT2D eigenvalue weighted by Crippen LogP contribution is 2.22. The van der Waals surface area contributed by atoms with Crippen molar-refractivity contribution in [3.05, 3.63) is 33.4 Å². The number of aromatic amines is 1. The minimum atomic E-state index is -0.615. The first-order valence-electron chi connectivity index (χ1n) is 6.89. The van der Waals surface area contributed by atoms with Crippen LogP contribution < -0.4 is 11.1 Å². The summed E-state index contributed by atoms with van der Waals surface area (Å²) in [5.41, 5.74) is -0.0866. The third-order valence-electron chi connectivity index (χ3n) is 3.22. The van der Waals surface area contributed by atoms with Crippen LogP contribution >= 0.6 is 11.8 Å². The summed E-state index contributed by atoms with van der Waals surface area (Å²) in [5, 5.41) is 0.794. The van der Waals surface area contributed by atoms with Crippen molar-refractivity contribution in [2.45, 2.75) is 32.0 Å². The maximum Gasteiger partial charge on any atom is 0.317 e. The lowest BCUT2D eigenvalue weighted by Crippen LogP contribution is -2.35. The van der Waals surface area contributed by atoms with Crippen molar-refractivity contribution in [3.8, 4) is 0 Å². The highest BCUT2D eigenvalue weighted by Gasteiger charge is 2.16. The van der Waals surface area contributed by atoms with Crippen LogP contribution in [0.15, 0.2) is 27.4 Å². The Labute approximate surface area is 126 Å². The number of aromatic nitrogens is 4. The number of nitrogens with one attached hydrogen (secondary N) is 1. The molecule has 21 heavy (non-hydrogen) atoms. The molecule has 0 unspecified atom stereocenters. The quantitative estimate of drug-likeness (QED) is 0.501. The Morgan fingerprint density at radius 2 is 2.14 bits per heavy atom. The molecule has 0 atom stereocenters. The van der Waals surface area contributed by atoms with Gasteiger partial charge in [-0.15, -0.1) is 6.58 Å². The number of hydrogen-bond donors (Lipinski definition) is 1. The topological polar surface area (TPSA) is 72.7 Å². The van der Waals surface area contributed by atoms with Crippen LogP contribution in [0.2, 0.25) is 0 Å². The van der Waals surface area contributed by atoms with E-state index in [0.717, 1.165) is 23.9 Å². The van der Waals surface area contributed by atoms with Crippen LogP contribution in [0.5, 0.6) is 0 Å². The monoisotopic (exact) mass is 308 g/mol. The van der Waals surface area contributed by atoms with E-state index in [-0.39, 0.29) is 0 Å². The molecule has 2 rings (SSSR count). The molecule has 0 aromatic carbocycles. The Morgan fingerprint density at radius 1 is 1.43 bits per heavy atom. The second kappa shape index (κ2) is 6.34. The van der Waals surface area contributed by atoms with E-state index < -0.39 is 11.1 Å². The Morgan fingerprint density at radius 3 is 2.76 bits per heavy atom. The molecule has 114 valence electrons. The standard InChI is InChI=1S/C14H20N4O2S/c1-5-8-21-14-16-10-11(18(14)7-6-9(2)3)15-12(19)13(20)17(10)4/h5,9H,1,6-8H2,2-4H3,(H,15,19). The van der Waals surface area contributed by atoms with Crippen molar-refractivity contribution in [2.24, 2.45) is 13.0 Å². The number of fused-ring (bicyclic) bond motifs is 1. The molecule has 0 saturated carbocycles. The zero-order chi connectivity index (χ0) is 15.6. The van der Waals surface area contributed by atoms with Crippen molar-refractivity contribution in [3.63, 3.8) is 0 Å². The second-order valence-corrected chi connectivity index (χ2v) is 6.31. The zero-order valence-electron chi connectivity index (χ0n) is 12.5. The molecule has 2 heterocycles. The first-order valence-corrected chi connectivity index (χ1v) is 7.87. The fraction of sp³-hybridized carbons (Fsp3) is 0.500. The summed E-state index contributed by atoms with van der Waals surface area (Å²) in [6, 6.07) is 0. The molecule has 2 aromatic heterocycles. The minimum Gasteiger partial charge on any atom is -0.304 e. The molecular formula is C14H20N4O2S. The van der Waals surface area contributed by atoms with Gasteiger partial charge in [0.1, 0.15) is 0 Å². The van der Waals surface area contributed by atoms with Gasteiger partial charge in [-0.25, -0.2) is 4.98 Å². The maximum atomic E-state index is 11.7. The summed E-state index contributed by atoms with van der Waals surface area (Å²) in [6.07, 6.45) is 2.77. The maximum absolute atomic E-state index is 11.7. The summed E-state index contributed by atoms with van der Waals surface area (Å²) in [6.45, 7) is 8.75. The van der Waals surface area contributed by atoms with Crippen LogP contribution in [-0.2, 0) is 13.6 Å². The Bertz CT molecular complexity index is 770. The predicted molar refractivity (Wildman–Crippen MR) is 86.0 cm³/mol. The van der Waals surface area contributed by atoms with Crippen LogP contribution in [0.3, 0.4) is 0 Å². The van der Waals surface area contributed by atoms with Crippen molar-refractivity contribution >= 4 is 23.1 Å². The van der Waals surface area contributed by atoms with E-state index in [9.17, 15) is 9.59 Å². The molecular weight excluding hydrogens is 288 g/mol. The number of imidazole rings is 1. The number of aryl methyl sites for hydroxylation is 2. The molecule has 1 N–H and O–H groups in total. The Balaban J connectivity index is 2.61. The molecule has 0 amide bonds. The SMILES string of the molecule is C=CCSc1nc2c([nH]c(=O)c(=O)n2C)n1CCC(C)C. The van der Waals surface area contributed by atoms with Crippen molar-refractivity contribution in [1.82, 2.24) is 19.1 Å². The largest absolute Gasteiger partial charge is 0.317 e. The van der Waals surface area contributed by atoms with Gasteiger partial charge in [-0.3, -0.25) is 14.2 Å². The van der Waals surface area contributed by atoms with Crippen LogP contribution in [0.25, 0.3) is 11.3 Å². The Kier molecular flexibility index (Phi) is 4.72. The van der Waals surface area contributed by atoms with Gasteiger partial charge in [0.2, 0.25) is 0 Å². The average Bonchev–Trinajstić information content (AvgIpc) is 2.78. The van der Waals surface area contributed by atoms with Crippen LogP contribution in [0.1, 0.15) is 20.3 Å². The van der Waals surface area contributed by atoms with Gasteiger partial charge in [0.05, 0.1) is 0 Å². The van der Waals surface area contributed by atoms with E-state index in [0.29, 0.717) is 17.2 Å². The molecule has 0 aliphatic heterocycles. The first kappa shape index (κ1) is 15.6. The molecule has 6 nitrogen and oxygen atoms in total. The number of H-pyrrole nitrogens is 1. The zero-order valence-corrected chi connectivity index (χ0v) is 13.4. The molecule has 0 radical (unpaired) electrons. The van der Waals surface area contributed by atoms with Crippen LogP contribution in [0, 0.1) is 5.92 Å². The molecule has 0 spiro atoms. The predicted octanol–water partition coefficient (Wildman–Crippen LogP) is 1.75. The average molecular weight is 308 g/mol.